The molecule has 0 saturated carbocycles. The van der Waals surface area contributed by atoms with Crippen LogP contribution >= 0.6 is 45.5 Å². The van der Waals surface area contributed by atoms with Crippen LogP contribution in [0.2, 0.25) is 4.34 Å². The lowest BCUT2D eigenvalue weighted by Crippen LogP contribution is -2.33. The second-order valence-electron chi connectivity index (χ2n) is 6.76. The first-order valence-corrected chi connectivity index (χ1v) is 13.0. The number of aromatic amines is 1. The minimum Gasteiger partial charge on any atom is -0.497 e. The van der Waals surface area contributed by atoms with E-state index in [0.717, 1.165) is 11.3 Å². The van der Waals surface area contributed by atoms with Crippen LogP contribution in [-0.4, -0.2) is 26.5 Å². The number of anilines is 1. The zero-order valence-electron chi connectivity index (χ0n) is 16.8. The van der Waals surface area contributed by atoms with Crippen molar-refractivity contribution in [3.63, 3.8) is 0 Å². The van der Waals surface area contributed by atoms with Gasteiger partial charge in [-0.05, 0) is 65.1 Å². The van der Waals surface area contributed by atoms with E-state index in [4.69, 9.17) is 16.3 Å². The topological polar surface area (TPSA) is 117 Å². The van der Waals surface area contributed by atoms with Gasteiger partial charge in [-0.15, -0.1) is 11.3 Å². The third-order valence-electron chi connectivity index (χ3n) is 4.65. The number of pyridine rings is 1. The highest BCUT2D eigenvalue weighted by molar-refractivity contribution is 14.1. The van der Waals surface area contributed by atoms with Gasteiger partial charge in [0.1, 0.15) is 9.96 Å². The minimum atomic E-state index is -4.04. The summed E-state index contributed by atoms with van der Waals surface area (Å²) in [5, 5.41) is 2.98. The molecular weight excluding hydrogens is 601 g/mol. The summed E-state index contributed by atoms with van der Waals surface area (Å²) in [6.45, 7) is 0. The molecule has 8 nitrogen and oxygen atoms in total. The van der Waals surface area contributed by atoms with Crippen molar-refractivity contribution >= 4 is 78.2 Å². The van der Waals surface area contributed by atoms with E-state index in [0.29, 0.717) is 41.4 Å². The standard InChI is InChI=1S/C21H15ClIN3O5S2/c1-31-12-3-5-17-14(9-12)20(27)15(10-24-17)13-4-2-11(8-16(13)23)25-21(28)26-33(29,30)19-7-6-18(22)32-19/h2-10H,1H3,(H,24,27)(H2,25,26,28). The molecule has 2 heterocycles. The summed E-state index contributed by atoms with van der Waals surface area (Å²) in [5.41, 5.74) is 1.99. The molecule has 4 aromatic rings. The summed E-state index contributed by atoms with van der Waals surface area (Å²) < 4.78 is 32.6. The Kier molecular flexibility index (Phi) is 6.66. The Hall–Kier alpha value is -2.61. The maximum absolute atomic E-state index is 13.1. The van der Waals surface area contributed by atoms with Crippen LogP contribution in [0.3, 0.4) is 0 Å². The van der Waals surface area contributed by atoms with Gasteiger partial charge in [0.15, 0.2) is 5.43 Å². The van der Waals surface area contributed by atoms with Gasteiger partial charge in [-0.25, -0.2) is 17.9 Å². The number of benzene rings is 2. The number of sulfonamides is 1. The number of ether oxygens (including phenoxy) is 1. The second kappa shape index (κ2) is 9.33. The summed E-state index contributed by atoms with van der Waals surface area (Å²) in [5.74, 6) is 0.574. The molecule has 170 valence electrons. The highest BCUT2D eigenvalue weighted by Crippen LogP contribution is 2.28. The lowest BCUT2D eigenvalue weighted by Gasteiger charge is -2.11. The fourth-order valence-electron chi connectivity index (χ4n) is 3.11. The van der Waals surface area contributed by atoms with Crippen molar-refractivity contribution < 1.29 is 17.9 Å². The van der Waals surface area contributed by atoms with Gasteiger partial charge in [0.25, 0.3) is 10.0 Å². The number of fused-ring (bicyclic) bond motifs is 1. The molecule has 3 N–H and O–H groups in total. The maximum atomic E-state index is 13.1. The van der Waals surface area contributed by atoms with Gasteiger partial charge in [-0.1, -0.05) is 17.7 Å². The molecule has 0 aliphatic heterocycles. The number of methoxy groups -OCH3 is 1. The third-order valence-corrected chi connectivity index (χ3v) is 8.59. The van der Waals surface area contributed by atoms with Gasteiger partial charge in [0, 0.05) is 37.5 Å². The van der Waals surface area contributed by atoms with Gasteiger partial charge in [-0.3, -0.25) is 4.79 Å². The van der Waals surface area contributed by atoms with Crippen molar-refractivity contribution in [1.82, 2.24) is 9.71 Å². The number of halogens is 2. The first-order chi connectivity index (χ1) is 15.7. The molecule has 0 atom stereocenters. The van der Waals surface area contributed by atoms with Crippen molar-refractivity contribution in [3.8, 4) is 16.9 Å². The SMILES string of the molecule is COc1ccc2[nH]cc(-c3ccc(NC(=O)NS(=O)(=O)c4ccc(Cl)s4)cc3I)c(=O)c2c1. The summed E-state index contributed by atoms with van der Waals surface area (Å²) in [4.78, 5) is 28.4. The molecule has 0 saturated heterocycles. The van der Waals surface area contributed by atoms with Gasteiger partial charge in [0.2, 0.25) is 0 Å². The highest BCUT2D eigenvalue weighted by Gasteiger charge is 2.20. The molecule has 0 aliphatic rings. The number of carbonyl (C=O) groups is 1. The summed E-state index contributed by atoms with van der Waals surface area (Å²) in [6, 6.07) is 11.9. The maximum Gasteiger partial charge on any atom is 0.333 e. The van der Waals surface area contributed by atoms with Crippen LogP contribution in [0.25, 0.3) is 22.0 Å². The first kappa shape index (κ1) is 23.5. The Bertz CT molecular complexity index is 1550. The van der Waals surface area contributed by atoms with Crippen LogP contribution in [0.5, 0.6) is 5.75 Å². The average Bonchev–Trinajstić information content (AvgIpc) is 3.21. The van der Waals surface area contributed by atoms with Gasteiger partial charge in [-0.2, -0.15) is 0 Å². The van der Waals surface area contributed by atoms with Gasteiger partial charge >= 0.3 is 6.03 Å². The Labute approximate surface area is 211 Å². The number of aromatic nitrogens is 1. The van der Waals surface area contributed by atoms with E-state index in [9.17, 15) is 18.0 Å². The van der Waals surface area contributed by atoms with E-state index in [1.165, 1.54) is 19.2 Å². The highest BCUT2D eigenvalue weighted by atomic mass is 127. The quantitative estimate of drug-likeness (QED) is 0.272. The predicted octanol–water partition coefficient (Wildman–Crippen LogP) is 5.03. The van der Waals surface area contributed by atoms with E-state index in [2.05, 4.69) is 32.9 Å². The van der Waals surface area contributed by atoms with Crippen LogP contribution in [0.4, 0.5) is 10.5 Å². The number of H-pyrrole nitrogens is 1. The van der Waals surface area contributed by atoms with Crippen molar-refractivity contribution in [3.05, 3.63) is 72.9 Å². The lowest BCUT2D eigenvalue weighted by atomic mass is 10.0. The van der Waals surface area contributed by atoms with Crippen molar-refractivity contribution in [2.45, 2.75) is 4.21 Å². The molecular formula is C21H15ClIN3O5S2. The van der Waals surface area contributed by atoms with E-state index in [-0.39, 0.29) is 9.64 Å². The third kappa shape index (κ3) is 5.00. The molecule has 2 aromatic carbocycles. The number of rotatable bonds is 5. The van der Waals surface area contributed by atoms with Crippen molar-refractivity contribution in [2.75, 3.05) is 12.4 Å². The molecule has 2 amide bonds. The normalized spacial score (nSPS) is 11.4. The summed E-state index contributed by atoms with van der Waals surface area (Å²) >= 11 is 8.66. The number of urea groups is 1. The Balaban J connectivity index is 1.58. The Morgan fingerprint density at radius 2 is 1.91 bits per heavy atom. The monoisotopic (exact) mass is 615 g/mol. The molecule has 0 spiro atoms. The van der Waals surface area contributed by atoms with E-state index < -0.39 is 16.1 Å². The number of carbonyl (C=O) groups excluding carboxylic acids is 1. The molecule has 4 rings (SSSR count). The minimum absolute atomic E-state index is 0.0697. The molecule has 0 bridgehead atoms. The summed E-state index contributed by atoms with van der Waals surface area (Å²) in [6.07, 6.45) is 1.63. The number of thiophene rings is 1. The van der Waals surface area contributed by atoms with Gasteiger partial charge in [0.05, 0.1) is 11.4 Å². The fourth-order valence-corrected chi connectivity index (χ4v) is 6.30. The second-order valence-corrected chi connectivity index (χ2v) is 11.5. The molecule has 0 unspecified atom stereocenters. The van der Waals surface area contributed by atoms with Crippen molar-refractivity contribution in [1.29, 1.82) is 0 Å². The fraction of sp³-hybridized carbons (Fsp3) is 0.0476. The van der Waals surface area contributed by atoms with E-state index in [1.54, 1.807) is 42.6 Å². The van der Waals surface area contributed by atoms with Crippen LogP contribution in [0.1, 0.15) is 0 Å². The number of nitrogens with one attached hydrogen (secondary N) is 3. The van der Waals surface area contributed by atoms with Crippen molar-refractivity contribution in [2.24, 2.45) is 0 Å². The Morgan fingerprint density at radius 3 is 2.58 bits per heavy atom. The molecule has 0 aliphatic carbocycles. The zero-order chi connectivity index (χ0) is 23.8. The molecule has 2 aromatic heterocycles. The van der Waals surface area contributed by atoms with Crippen LogP contribution < -0.4 is 20.2 Å². The van der Waals surface area contributed by atoms with Crippen LogP contribution in [0, 0.1) is 3.57 Å². The summed E-state index contributed by atoms with van der Waals surface area (Å²) in [7, 11) is -2.51. The predicted molar refractivity (Wildman–Crippen MR) is 138 cm³/mol. The lowest BCUT2D eigenvalue weighted by molar-refractivity contribution is 0.256. The average molecular weight is 616 g/mol. The molecule has 0 fully saturated rings. The number of hydrogen-bond donors (Lipinski definition) is 3. The number of hydrogen-bond acceptors (Lipinski definition) is 6. The molecule has 33 heavy (non-hydrogen) atoms. The van der Waals surface area contributed by atoms with Crippen LogP contribution in [-0.2, 0) is 10.0 Å². The molecule has 12 heteroatoms. The molecule has 0 radical (unpaired) electrons. The first-order valence-electron chi connectivity index (χ1n) is 9.26. The van der Waals surface area contributed by atoms with Gasteiger partial charge < -0.3 is 15.0 Å². The zero-order valence-corrected chi connectivity index (χ0v) is 21.4. The van der Waals surface area contributed by atoms with Crippen LogP contribution in [0.15, 0.2) is 63.7 Å². The smallest absolute Gasteiger partial charge is 0.333 e. The van der Waals surface area contributed by atoms with E-state index in [1.807, 2.05) is 4.72 Å². The number of amides is 2. The van der Waals surface area contributed by atoms with E-state index >= 15 is 0 Å². The largest absolute Gasteiger partial charge is 0.497 e. The Morgan fingerprint density at radius 1 is 1.12 bits per heavy atom.